The van der Waals surface area contributed by atoms with Crippen LogP contribution in [-0.4, -0.2) is 308 Å². The number of unbranched alkanes of at least 4 members (excludes halogenated alkanes) is 1. The number of methoxy groups -OCH3 is 1. The third kappa shape index (κ3) is 29.0. The van der Waals surface area contributed by atoms with Crippen molar-refractivity contribution in [2.24, 2.45) is 11.7 Å². The third-order valence-electron chi connectivity index (χ3n) is 24.2. The number of fused-ring (bicyclic) bond motifs is 3. The molecule has 3 aliphatic heterocycles. The first kappa shape index (κ1) is 106. The zero-order chi connectivity index (χ0) is 100. The van der Waals surface area contributed by atoms with Gasteiger partial charge in [-0.05, 0) is 94.6 Å². The fourth-order valence-corrected chi connectivity index (χ4v) is 17.4. The van der Waals surface area contributed by atoms with E-state index < -0.39 is 265 Å². The molecule has 0 saturated carbocycles. The number of carboxylic acids is 1. The molecule has 38 nitrogen and oxygen atoms in total. The molecule has 740 valence electrons. The van der Waals surface area contributed by atoms with Crippen LogP contribution in [0.2, 0.25) is 0 Å². The quantitative estimate of drug-likeness (QED) is 0.0375. The molecule has 10 rings (SSSR count). The van der Waals surface area contributed by atoms with Crippen LogP contribution < -0.4 is 53.6 Å². The Balaban J connectivity index is 1.07. The average Bonchev–Trinajstić information content (AvgIpc) is 1.47. The number of thioether (sulfide) groups is 1. The van der Waals surface area contributed by atoms with Crippen molar-refractivity contribution < 1.29 is 120 Å². The number of aliphatic carboxylic acids is 1. The molecule has 138 heavy (non-hydrogen) atoms. The van der Waals surface area contributed by atoms with Crippen LogP contribution in [-0.2, 0) is 125 Å². The Labute approximate surface area is 797 Å². The van der Waals surface area contributed by atoms with Gasteiger partial charge in [0.2, 0.25) is 88.6 Å². The predicted molar refractivity (Wildman–Crippen MR) is 496 cm³/mol. The van der Waals surface area contributed by atoms with Crippen LogP contribution in [0.3, 0.4) is 0 Å². The van der Waals surface area contributed by atoms with Crippen molar-refractivity contribution >= 4 is 117 Å². The van der Waals surface area contributed by atoms with Crippen molar-refractivity contribution in [3.63, 3.8) is 0 Å². The third-order valence-corrected chi connectivity index (χ3v) is 25.2. The molecule has 0 aliphatic carbocycles. The lowest BCUT2D eigenvalue weighted by atomic mass is 9.98. The summed E-state index contributed by atoms with van der Waals surface area (Å²) in [6.07, 6.45) is -3.90. The number of morpholine rings is 1. The second-order valence-electron chi connectivity index (χ2n) is 34.6. The van der Waals surface area contributed by atoms with Gasteiger partial charge in [-0.1, -0.05) is 137 Å². The summed E-state index contributed by atoms with van der Waals surface area (Å²) in [6.45, 7) is 2.16. The van der Waals surface area contributed by atoms with Gasteiger partial charge < -0.3 is 113 Å². The highest BCUT2D eigenvalue weighted by molar-refractivity contribution is 8.00. The molecule has 7 aromatic rings. The van der Waals surface area contributed by atoms with Gasteiger partial charge in [-0.3, -0.25) is 76.7 Å². The Morgan fingerprint density at radius 2 is 1.06 bits per heavy atom. The second kappa shape index (κ2) is 50.2. The van der Waals surface area contributed by atoms with Crippen LogP contribution in [0.1, 0.15) is 92.7 Å². The molecule has 3 aliphatic rings. The SMILES string of the molecule is CCCC[C@H]1C(=O)N2C[C@H](O)C[C@@H]2C(=O)N[C@@H](CC(=O)O)C(=O)N[C@@H](C(C)C)C(=O)N(C)[C@@H](Cc2ccccc2)C(=O)N[C@@H](Cc2ccc(O)cc2)C(=O)N2CCOC[C@@H]2C(=O)N[C@@H](Cc2c[nH]c3ccccc23)C(=O)N[C@@H](Cc2ccc(O)cc2)C(=O)N[C@@H](CCOC)C(=O)N[C@H](C(=O)NCC(N)=O)CSCC(=O)N[C@@H](Cc2cc(F)c(F)c(F)c2)C(=O)N(C)[C@@H](Cc2ccccc2)C(=O)N1C. The van der Waals surface area contributed by atoms with E-state index in [9.17, 15) is 58.4 Å². The van der Waals surface area contributed by atoms with Crippen LogP contribution >= 0.6 is 11.8 Å². The van der Waals surface area contributed by atoms with E-state index in [2.05, 4.69) is 52.8 Å². The van der Waals surface area contributed by atoms with E-state index in [4.69, 9.17) is 15.2 Å². The number of H-pyrrole nitrogens is 1. The summed E-state index contributed by atoms with van der Waals surface area (Å²) < 4.78 is 56.4. The van der Waals surface area contributed by atoms with Gasteiger partial charge in [-0.2, -0.15) is 0 Å². The summed E-state index contributed by atoms with van der Waals surface area (Å²) in [5.74, 6) is -25.1. The highest BCUT2D eigenvalue weighted by atomic mass is 32.2. The van der Waals surface area contributed by atoms with Crippen LogP contribution in [0, 0.1) is 23.4 Å². The van der Waals surface area contributed by atoms with Gasteiger partial charge in [-0.15, -0.1) is 11.8 Å². The lowest BCUT2D eigenvalue weighted by Crippen LogP contribution is -2.64. The smallest absolute Gasteiger partial charge is 0.305 e. The van der Waals surface area contributed by atoms with Gasteiger partial charge >= 0.3 is 5.97 Å². The van der Waals surface area contributed by atoms with Gasteiger partial charge in [0.25, 0.3) is 0 Å². The summed E-state index contributed by atoms with van der Waals surface area (Å²) in [6, 6.07) is 13.3. The first-order valence-electron chi connectivity index (χ1n) is 45.1. The lowest BCUT2D eigenvalue weighted by molar-refractivity contribution is -0.152. The number of ether oxygens (including phenoxy) is 2. The van der Waals surface area contributed by atoms with Crippen molar-refractivity contribution in [1.82, 2.24) is 77.3 Å². The maximum absolute atomic E-state index is 15.9. The second-order valence-corrected chi connectivity index (χ2v) is 35.6. The van der Waals surface area contributed by atoms with E-state index in [1.807, 2.05) is 0 Å². The number of hydrogen-bond acceptors (Lipinski definition) is 22. The minimum atomic E-state index is -2.05. The number of amides is 15. The van der Waals surface area contributed by atoms with E-state index in [0.717, 1.165) is 31.5 Å². The predicted octanol–water partition coefficient (Wildman–Crippen LogP) is 1.01. The van der Waals surface area contributed by atoms with Gasteiger partial charge in [0.1, 0.15) is 90.0 Å². The van der Waals surface area contributed by atoms with E-state index >= 15 is 51.9 Å². The zero-order valence-corrected chi connectivity index (χ0v) is 78.0. The van der Waals surface area contributed by atoms with Gasteiger partial charge in [-0.25, -0.2) is 13.2 Å². The first-order valence-corrected chi connectivity index (χ1v) is 46.2. The number of phenols is 2. The normalized spacial score (nSPS) is 23.7. The number of hydrogen-bond donors (Lipinski definition) is 15. The number of carbonyl (C=O) groups is 16. The Bertz CT molecular complexity index is 5490. The number of nitrogens with two attached hydrogens (primary N) is 1. The molecule has 4 heterocycles. The van der Waals surface area contributed by atoms with E-state index in [1.165, 1.54) is 83.6 Å². The van der Waals surface area contributed by atoms with Crippen molar-refractivity contribution in [1.29, 1.82) is 0 Å². The summed E-state index contributed by atoms with van der Waals surface area (Å²) >= 11 is 0.635. The molecule has 0 unspecified atom stereocenters. The fourth-order valence-electron chi connectivity index (χ4n) is 16.6. The number of carbonyl (C=O) groups excluding carboxylic acids is 15. The number of halogens is 3. The van der Waals surface area contributed by atoms with E-state index in [0.29, 0.717) is 69.0 Å². The van der Waals surface area contributed by atoms with Crippen molar-refractivity contribution in [3.05, 3.63) is 203 Å². The Hall–Kier alpha value is -14.0. The number of aromatic hydroxyl groups is 2. The largest absolute Gasteiger partial charge is 0.508 e. The molecule has 0 radical (unpaired) electrons. The van der Waals surface area contributed by atoms with Crippen LogP contribution in [0.15, 0.2) is 152 Å². The molecule has 3 saturated heterocycles. The Morgan fingerprint density at radius 1 is 0.543 bits per heavy atom. The molecule has 14 atom stereocenters. The van der Waals surface area contributed by atoms with Crippen LogP contribution in [0.5, 0.6) is 11.5 Å². The fraction of sp³-hybridized carbons (Fsp3) is 0.438. The molecule has 16 N–H and O–H groups in total. The molecule has 0 bridgehead atoms. The zero-order valence-electron chi connectivity index (χ0n) is 77.2. The van der Waals surface area contributed by atoms with Crippen LogP contribution in [0.25, 0.3) is 10.9 Å². The number of benzene rings is 6. The van der Waals surface area contributed by atoms with E-state index in [-0.39, 0.29) is 76.2 Å². The minimum absolute atomic E-state index is 0.141. The average molecular weight is 1940 g/mol. The van der Waals surface area contributed by atoms with Gasteiger partial charge in [0, 0.05) is 116 Å². The Morgan fingerprint density at radius 3 is 1.66 bits per heavy atom. The molecule has 3 fully saturated rings. The van der Waals surface area contributed by atoms with Crippen LogP contribution in [0.4, 0.5) is 13.2 Å². The van der Waals surface area contributed by atoms with E-state index in [1.54, 1.807) is 98.0 Å². The number of para-hydroxylation sites is 1. The number of rotatable bonds is 24. The molecular weight excluding hydrogens is 1820 g/mol. The Kier molecular flexibility index (Phi) is 38.6. The summed E-state index contributed by atoms with van der Waals surface area (Å²) in [4.78, 5) is 247. The van der Waals surface area contributed by atoms with Crippen molar-refractivity contribution in [3.8, 4) is 11.5 Å². The minimum Gasteiger partial charge on any atom is -0.508 e. The number of aromatic amines is 1. The number of primary amides is 1. The highest BCUT2D eigenvalue weighted by Crippen LogP contribution is 2.29. The summed E-state index contributed by atoms with van der Waals surface area (Å²) in [7, 11) is 4.90. The number of aliphatic hydroxyl groups is 1. The lowest BCUT2D eigenvalue weighted by Gasteiger charge is -2.38. The number of nitrogens with one attached hydrogen (secondary N) is 10. The van der Waals surface area contributed by atoms with Gasteiger partial charge in [0.05, 0.1) is 38.0 Å². The topological polar surface area (TPSA) is 539 Å². The molecule has 1 aromatic heterocycles. The van der Waals surface area contributed by atoms with Gasteiger partial charge in [0.15, 0.2) is 17.5 Å². The first-order chi connectivity index (χ1) is 65.8. The maximum atomic E-state index is 15.9. The number of aliphatic hydroxyl groups excluding tert-OH is 1. The molecule has 15 amide bonds. The highest BCUT2D eigenvalue weighted by Gasteiger charge is 2.48. The molecule has 42 heteroatoms. The monoisotopic (exact) mass is 1930 g/mol. The molecular formula is C96H117F3N16O22S. The molecule has 6 aromatic carbocycles. The number of nitrogens with zero attached hydrogens (tertiary/aromatic N) is 5. The number of carboxylic acid groups (broad SMARTS) is 1. The standard InChI is InChI=1S/C96H117F3N16O22S/c1-8-9-24-74-95(134)115-49-62(118)45-76(115)90(129)107-70(46-81(121)122)88(127)110-83(53(2)3)96(135)112(5)75(42-54-18-12-10-13-19-54)89(128)108-72(40-57-27-31-61(117)32-28-57)93(132)114-34-36-137-50-78(114)91(130)106-69(44-59-47-101-66-23-17-16-22-63(59)66)87(126)105-68(39-56-25-29-60(116)30-26-56)86(125)104-67(33-35-136-7)85(124)109-73(84(123)102-48-79(100)119)51-138-52-80(120)103-71(41-58-37-64(97)82(99)65(98)38-58)92(131)113(6)77(94(133)111(74)4)43-55-20-14-11-15-21-55/h10-23,25-32,37-38,47,53,62,67-78,83,101,116-118H,8-9,24,33-36,39-46,48-52H2,1-7H3,(H2,100,119)(H,102,123)(H,103,120)(H,104,125)(H,105,126)(H,106,130)(H,107,129)(H,108,128)(H,109,124)(H,110,127)(H,121,122)/t62-,67+,68+,69+,70+,71+,72+,73+,74+,75+,76-,77+,78-,83+/m1/s1. The summed E-state index contributed by atoms with van der Waals surface area (Å²) in [5, 5.41) is 66.7. The van der Waals surface area contributed by atoms with Crippen molar-refractivity contribution in [2.75, 3.05) is 79.2 Å². The number of aromatic nitrogens is 1. The van der Waals surface area contributed by atoms with Crippen molar-refractivity contribution in [2.45, 2.75) is 182 Å². The number of phenolic OH excluding ortho intramolecular Hbond substituents is 2. The maximum Gasteiger partial charge on any atom is 0.305 e. The summed E-state index contributed by atoms with van der Waals surface area (Å²) in [5.41, 5.74) is 7.68. The molecule has 0 spiro atoms. The number of likely N-dealkylation sites (N-methyl/N-ethyl adjacent to an activating group) is 3.